The summed E-state index contributed by atoms with van der Waals surface area (Å²) in [5, 5.41) is 2.72. The molecule has 0 spiro atoms. The molecule has 1 heterocycles. The molecule has 1 N–H and O–H groups in total. The van der Waals surface area contributed by atoms with Gasteiger partial charge < -0.3 is 19.5 Å². The first-order valence-electron chi connectivity index (χ1n) is 7.99. The summed E-state index contributed by atoms with van der Waals surface area (Å²) in [6, 6.07) is 19.8. The van der Waals surface area contributed by atoms with E-state index in [1.807, 2.05) is 30.3 Å². The van der Waals surface area contributed by atoms with Gasteiger partial charge in [-0.1, -0.05) is 30.3 Å². The number of aromatic nitrogens is 1. The molecule has 0 aliphatic rings. The van der Waals surface area contributed by atoms with E-state index in [-0.39, 0.29) is 12.5 Å². The SMILES string of the molecule is COc1ccccc1Oc1ccc(NC(=O)COc2ccccc2)cn1. The smallest absolute Gasteiger partial charge is 0.262 e. The Bertz CT molecular complexity index is 851. The van der Waals surface area contributed by atoms with Crippen LogP contribution in [0.2, 0.25) is 0 Å². The number of pyridine rings is 1. The quantitative estimate of drug-likeness (QED) is 0.700. The Morgan fingerprint density at radius 1 is 0.962 bits per heavy atom. The van der Waals surface area contributed by atoms with Crippen LogP contribution in [0.1, 0.15) is 0 Å². The highest BCUT2D eigenvalue weighted by Crippen LogP contribution is 2.30. The Hall–Kier alpha value is -3.54. The third-order valence-corrected chi connectivity index (χ3v) is 3.42. The molecule has 0 saturated heterocycles. The van der Waals surface area contributed by atoms with Crippen molar-refractivity contribution in [2.24, 2.45) is 0 Å². The van der Waals surface area contributed by atoms with Crippen LogP contribution in [0.4, 0.5) is 5.69 Å². The van der Waals surface area contributed by atoms with Gasteiger partial charge in [0.25, 0.3) is 5.91 Å². The molecule has 0 unspecified atom stereocenters. The van der Waals surface area contributed by atoms with Crippen molar-refractivity contribution in [2.75, 3.05) is 19.0 Å². The summed E-state index contributed by atoms with van der Waals surface area (Å²) >= 11 is 0. The lowest BCUT2D eigenvalue weighted by molar-refractivity contribution is -0.118. The molecule has 0 fully saturated rings. The van der Waals surface area contributed by atoms with Gasteiger partial charge >= 0.3 is 0 Å². The van der Waals surface area contributed by atoms with Crippen LogP contribution in [0.25, 0.3) is 0 Å². The van der Waals surface area contributed by atoms with Crippen LogP contribution in [-0.4, -0.2) is 24.6 Å². The number of para-hydroxylation sites is 3. The fourth-order valence-corrected chi connectivity index (χ4v) is 2.19. The lowest BCUT2D eigenvalue weighted by Gasteiger charge is -2.10. The molecule has 0 aliphatic carbocycles. The first kappa shape index (κ1) is 17.3. The highest BCUT2D eigenvalue weighted by Gasteiger charge is 2.07. The van der Waals surface area contributed by atoms with Crippen LogP contribution >= 0.6 is 0 Å². The van der Waals surface area contributed by atoms with E-state index < -0.39 is 0 Å². The van der Waals surface area contributed by atoms with E-state index in [4.69, 9.17) is 14.2 Å². The summed E-state index contributed by atoms with van der Waals surface area (Å²) in [5.74, 6) is 1.95. The summed E-state index contributed by atoms with van der Waals surface area (Å²) < 4.78 is 16.3. The summed E-state index contributed by atoms with van der Waals surface area (Å²) in [5.41, 5.74) is 0.555. The number of benzene rings is 2. The van der Waals surface area contributed by atoms with E-state index in [0.29, 0.717) is 28.8 Å². The van der Waals surface area contributed by atoms with Crippen molar-refractivity contribution in [3.05, 3.63) is 72.9 Å². The summed E-state index contributed by atoms with van der Waals surface area (Å²) in [4.78, 5) is 16.1. The zero-order valence-corrected chi connectivity index (χ0v) is 14.2. The molecule has 1 aromatic heterocycles. The van der Waals surface area contributed by atoms with E-state index >= 15 is 0 Å². The second kappa shape index (κ2) is 8.53. The second-order valence-corrected chi connectivity index (χ2v) is 5.29. The Labute approximate surface area is 151 Å². The topological polar surface area (TPSA) is 69.7 Å². The zero-order chi connectivity index (χ0) is 18.2. The van der Waals surface area contributed by atoms with Gasteiger partial charge in [-0.25, -0.2) is 4.98 Å². The molecule has 0 atom stereocenters. The number of carbonyl (C=O) groups is 1. The normalized spacial score (nSPS) is 10.0. The minimum Gasteiger partial charge on any atom is -0.493 e. The molecule has 3 aromatic rings. The van der Waals surface area contributed by atoms with Gasteiger partial charge in [0.05, 0.1) is 19.0 Å². The van der Waals surface area contributed by atoms with E-state index in [2.05, 4.69) is 10.3 Å². The Kier molecular flexibility index (Phi) is 5.67. The predicted octanol–water partition coefficient (Wildman–Crippen LogP) is 3.90. The van der Waals surface area contributed by atoms with Gasteiger partial charge in [-0.2, -0.15) is 0 Å². The average Bonchev–Trinajstić information content (AvgIpc) is 2.69. The van der Waals surface area contributed by atoms with Crippen LogP contribution < -0.4 is 19.5 Å². The first-order valence-corrected chi connectivity index (χ1v) is 7.99. The third kappa shape index (κ3) is 4.73. The maximum Gasteiger partial charge on any atom is 0.262 e. The standard InChI is InChI=1S/C20H18N2O4/c1-24-17-9-5-6-10-18(17)26-20-12-11-15(13-21-20)22-19(23)14-25-16-7-3-2-4-8-16/h2-13H,14H2,1H3,(H,22,23). The lowest BCUT2D eigenvalue weighted by Crippen LogP contribution is -2.20. The molecule has 0 aliphatic heterocycles. The van der Waals surface area contributed by atoms with Crippen LogP contribution in [0.15, 0.2) is 72.9 Å². The van der Waals surface area contributed by atoms with Crippen LogP contribution in [0.3, 0.4) is 0 Å². The van der Waals surface area contributed by atoms with Crippen molar-refractivity contribution in [1.29, 1.82) is 0 Å². The Morgan fingerprint density at radius 2 is 1.69 bits per heavy atom. The minimum atomic E-state index is -0.269. The zero-order valence-electron chi connectivity index (χ0n) is 14.2. The third-order valence-electron chi connectivity index (χ3n) is 3.42. The molecular formula is C20H18N2O4. The van der Waals surface area contributed by atoms with Crippen LogP contribution in [-0.2, 0) is 4.79 Å². The Morgan fingerprint density at radius 3 is 2.38 bits per heavy atom. The molecule has 0 bridgehead atoms. The highest BCUT2D eigenvalue weighted by molar-refractivity contribution is 5.91. The van der Waals surface area contributed by atoms with Gasteiger partial charge in [0, 0.05) is 6.07 Å². The molecular weight excluding hydrogens is 332 g/mol. The molecule has 2 aromatic carbocycles. The minimum absolute atomic E-state index is 0.0799. The number of nitrogens with one attached hydrogen (secondary N) is 1. The summed E-state index contributed by atoms with van der Waals surface area (Å²) in [6.07, 6.45) is 1.52. The number of anilines is 1. The maximum absolute atomic E-state index is 11.9. The average molecular weight is 350 g/mol. The van der Waals surface area contributed by atoms with Crippen molar-refractivity contribution in [3.63, 3.8) is 0 Å². The van der Waals surface area contributed by atoms with Crippen molar-refractivity contribution < 1.29 is 19.0 Å². The fraction of sp³-hybridized carbons (Fsp3) is 0.100. The molecule has 0 saturated carbocycles. The predicted molar refractivity (Wildman–Crippen MR) is 97.9 cm³/mol. The van der Waals surface area contributed by atoms with Crippen molar-refractivity contribution in [3.8, 4) is 23.1 Å². The molecule has 6 heteroatoms. The van der Waals surface area contributed by atoms with E-state index in [0.717, 1.165) is 0 Å². The molecule has 6 nitrogen and oxygen atoms in total. The number of amides is 1. The van der Waals surface area contributed by atoms with Gasteiger partial charge in [0.2, 0.25) is 5.88 Å². The summed E-state index contributed by atoms with van der Waals surface area (Å²) in [7, 11) is 1.58. The molecule has 3 rings (SSSR count). The lowest BCUT2D eigenvalue weighted by atomic mass is 10.3. The molecule has 0 radical (unpaired) electrons. The molecule has 26 heavy (non-hydrogen) atoms. The van der Waals surface area contributed by atoms with Gasteiger partial charge in [0.15, 0.2) is 18.1 Å². The van der Waals surface area contributed by atoms with Gasteiger partial charge in [-0.3, -0.25) is 4.79 Å². The van der Waals surface area contributed by atoms with E-state index in [1.54, 1.807) is 43.5 Å². The molecule has 132 valence electrons. The molecule has 1 amide bonds. The second-order valence-electron chi connectivity index (χ2n) is 5.29. The van der Waals surface area contributed by atoms with Crippen molar-refractivity contribution in [1.82, 2.24) is 4.98 Å². The maximum atomic E-state index is 11.9. The van der Waals surface area contributed by atoms with Gasteiger partial charge in [0.1, 0.15) is 5.75 Å². The first-order chi connectivity index (χ1) is 12.7. The monoisotopic (exact) mass is 350 g/mol. The number of ether oxygens (including phenoxy) is 3. The fourth-order valence-electron chi connectivity index (χ4n) is 2.19. The van der Waals surface area contributed by atoms with Crippen LogP contribution in [0, 0.1) is 0 Å². The number of hydrogen-bond donors (Lipinski definition) is 1. The summed E-state index contributed by atoms with van der Waals surface area (Å²) in [6.45, 7) is -0.0799. The number of rotatable bonds is 7. The number of methoxy groups -OCH3 is 1. The van der Waals surface area contributed by atoms with Crippen molar-refractivity contribution >= 4 is 11.6 Å². The largest absolute Gasteiger partial charge is 0.493 e. The number of nitrogens with zero attached hydrogens (tertiary/aromatic N) is 1. The van der Waals surface area contributed by atoms with E-state index in [1.165, 1.54) is 6.20 Å². The van der Waals surface area contributed by atoms with Gasteiger partial charge in [-0.05, 0) is 30.3 Å². The number of hydrogen-bond acceptors (Lipinski definition) is 5. The van der Waals surface area contributed by atoms with E-state index in [9.17, 15) is 4.79 Å². The highest BCUT2D eigenvalue weighted by atomic mass is 16.5. The number of carbonyl (C=O) groups excluding carboxylic acids is 1. The van der Waals surface area contributed by atoms with Crippen molar-refractivity contribution in [2.45, 2.75) is 0 Å². The Balaban J connectivity index is 1.55. The van der Waals surface area contributed by atoms with Crippen LogP contribution in [0.5, 0.6) is 23.1 Å². The van der Waals surface area contributed by atoms with Gasteiger partial charge in [-0.15, -0.1) is 0 Å².